The van der Waals surface area contributed by atoms with Gasteiger partial charge in [-0.3, -0.25) is 14.8 Å². The summed E-state index contributed by atoms with van der Waals surface area (Å²) in [7, 11) is -3.47. The fourth-order valence-corrected chi connectivity index (χ4v) is 3.05. The molecule has 0 aliphatic heterocycles. The molecule has 3 aromatic rings. The summed E-state index contributed by atoms with van der Waals surface area (Å²) in [5.74, 6) is 0.289. The van der Waals surface area contributed by atoms with Gasteiger partial charge in [0.1, 0.15) is 0 Å². The van der Waals surface area contributed by atoms with Crippen molar-refractivity contribution < 1.29 is 8.42 Å². The van der Waals surface area contributed by atoms with Crippen molar-refractivity contribution in [1.82, 2.24) is 15.2 Å². The van der Waals surface area contributed by atoms with Crippen molar-refractivity contribution in [3.63, 3.8) is 0 Å². The van der Waals surface area contributed by atoms with Gasteiger partial charge in [-0.1, -0.05) is 18.2 Å². The lowest BCUT2D eigenvalue weighted by Gasteiger charge is -2.05. The zero-order valence-corrected chi connectivity index (χ0v) is 12.0. The van der Waals surface area contributed by atoms with E-state index in [0.29, 0.717) is 12.2 Å². The number of pyridine rings is 1. The summed E-state index contributed by atoms with van der Waals surface area (Å²) >= 11 is 0. The van der Waals surface area contributed by atoms with Crippen molar-refractivity contribution in [2.45, 2.75) is 6.42 Å². The SMILES string of the molecule is O=S(=O)(CCc1ccccn1)Nc1n[nH]c2ccccc12. The first-order valence-corrected chi connectivity index (χ1v) is 8.13. The standard InChI is InChI=1S/C14H14N4O2S/c19-21(20,10-8-11-5-3-4-9-15-11)18-14-12-6-1-2-7-13(12)16-17-14/h1-7,9H,8,10H2,(H2,16,17,18). The van der Waals surface area contributed by atoms with E-state index in [2.05, 4.69) is 19.9 Å². The van der Waals surface area contributed by atoms with E-state index >= 15 is 0 Å². The number of rotatable bonds is 5. The summed E-state index contributed by atoms with van der Waals surface area (Å²) in [5, 5.41) is 7.55. The predicted molar refractivity (Wildman–Crippen MR) is 81.4 cm³/mol. The number of fused-ring (bicyclic) bond motifs is 1. The number of para-hydroxylation sites is 1. The molecule has 0 spiro atoms. The van der Waals surface area contributed by atoms with Crippen molar-refractivity contribution >= 4 is 26.7 Å². The minimum atomic E-state index is -3.47. The zero-order chi connectivity index (χ0) is 14.7. The van der Waals surface area contributed by atoms with E-state index in [-0.39, 0.29) is 5.75 Å². The summed E-state index contributed by atoms with van der Waals surface area (Å²) in [6, 6.07) is 12.8. The number of H-pyrrole nitrogens is 1. The van der Waals surface area contributed by atoms with Gasteiger partial charge in [-0.05, 0) is 24.3 Å². The summed E-state index contributed by atoms with van der Waals surface area (Å²) in [6.07, 6.45) is 2.01. The van der Waals surface area contributed by atoms with E-state index in [9.17, 15) is 8.42 Å². The molecule has 0 aliphatic rings. The highest BCUT2D eigenvalue weighted by molar-refractivity contribution is 7.92. The van der Waals surface area contributed by atoms with E-state index in [4.69, 9.17) is 0 Å². The molecule has 6 nitrogen and oxygen atoms in total. The first-order chi connectivity index (χ1) is 10.1. The third kappa shape index (κ3) is 3.19. The number of hydrogen-bond donors (Lipinski definition) is 2. The van der Waals surface area contributed by atoms with Crippen LogP contribution in [0.5, 0.6) is 0 Å². The normalized spacial score (nSPS) is 11.6. The van der Waals surface area contributed by atoms with Gasteiger partial charge < -0.3 is 0 Å². The van der Waals surface area contributed by atoms with Crippen molar-refractivity contribution in [2.75, 3.05) is 10.5 Å². The molecule has 7 heteroatoms. The largest absolute Gasteiger partial charge is 0.276 e. The number of benzene rings is 1. The Hall–Kier alpha value is -2.41. The molecule has 21 heavy (non-hydrogen) atoms. The van der Waals surface area contributed by atoms with Crippen LogP contribution in [0.4, 0.5) is 5.82 Å². The molecular weight excluding hydrogens is 288 g/mol. The van der Waals surface area contributed by atoms with Crippen LogP contribution in [-0.4, -0.2) is 29.4 Å². The molecule has 0 saturated heterocycles. The van der Waals surface area contributed by atoms with Crippen molar-refractivity contribution in [3.8, 4) is 0 Å². The third-order valence-corrected chi connectivity index (χ3v) is 4.32. The first kappa shape index (κ1) is 13.6. The topological polar surface area (TPSA) is 87.7 Å². The molecule has 1 aromatic carbocycles. The fraction of sp³-hybridized carbons (Fsp3) is 0.143. The fourth-order valence-electron chi connectivity index (χ4n) is 2.02. The van der Waals surface area contributed by atoms with Gasteiger partial charge in [0, 0.05) is 23.7 Å². The van der Waals surface area contributed by atoms with Crippen LogP contribution in [0.2, 0.25) is 0 Å². The Morgan fingerprint density at radius 2 is 1.90 bits per heavy atom. The number of aryl methyl sites for hydroxylation is 1. The molecular formula is C14H14N4O2S. The Morgan fingerprint density at radius 1 is 1.10 bits per heavy atom. The van der Waals surface area contributed by atoms with Crippen LogP contribution in [0.1, 0.15) is 5.69 Å². The molecule has 0 fully saturated rings. The average Bonchev–Trinajstić information content (AvgIpc) is 2.89. The van der Waals surface area contributed by atoms with E-state index < -0.39 is 10.0 Å². The maximum Gasteiger partial charge on any atom is 0.234 e. The Morgan fingerprint density at radius 3 is 2.71 bits per heavy atom. The molecule has 2 heterocycles. The first-order valence-electron chi connectivity index (χ1n) is 6.47. The quantitative estimate of drug-likeness (QED) is 0.754. The van der Waals surface area contributed by atoms with Crippen LogP contribution in [0.3, 0.4) is 0 Å². The Labute approximate surface area is 122 Å². The smallest absolute Gasteiger partial charge is 0.234 e. The van der Waals surface area contributed by atoms with E-state index in [1.165, 1.54) is 0 Å². The van der Waals surface area contributed by atoms with Crippen molar-refractivity contribution in [3.05, 3.63) is 54.4 Å². The third-order valence-electron chi connectivity index (χ3n) is 3.08. The lowest BCUT2D eigenvalue weighted by atomic mass is 10.2. The number of aromatic nitrogens is 3. The highest BCUT2D eigenvalue weighted by Gasteiger charge is 2.14. The molecule has 108 valence electrons. The molecule has 0 aliphatic carbocycles. The number of hydrogen-bond acceptors (Lipinski definition) is 4. The monoisotopic (exact) mass is 302 g/mol. The van der Waals surface area contributed by atoms with Crippen LogP contribution >= 0.6 is 0 Å². The van der Waals surface area contributed by atoms with Crippen LogP contribution in [-0.2, 0) is 16.4 Å². The van der Waals surface area contributed by atoms with E-state index in [0.717, 1.165) is 16.6 Å². The molecule has 3 rings (SSSR count). The molecule has 0 bridgehead atoms. The van der Waals surface area contributed by atoms with Crippen LogP contribution in [0.15, 0.2) is 48.7 Å². The van der Waals surface area contributed by atoms with Gasteiger partial charge in [-0.25, -0.2) is 8.42 Å². The molecule has 2 aromatic heterocycles. The van der Waals surface area contributed by atoms with Gasteiger partial charge in [0.25, 0.3) is 0 Å². The Bertz CT molecular complexity index is 844. The highest BCUT2D eigenvalue weighted by atomic mass is 32.2. The molecule has 0 unspecified atom stereocenters. The summed E-state index contributed by atoms with van der Waals surface area (Å²) in [6.45, 7) is 0. The van der Waals surface area contributed by atoms with Crippen LogP contribution in [0.25, 0.3) is 10.9 Å². The second kappa shape index (κ2) is 5.53. The van der Waals surface area contributed by atoms with Gasteiger partial charge in [0.15, 0.2) is 5.82 Å². The minimum Gasteiger partial charge on any atom is -0.276 e. The van der Waals surface area contributed by atoms with Gasteiger partial charge in [0.05, 0.1) is 11.3 Å². The predicted octanol–water partition coefficient (Wildman–Crippen LogP) is 1.94. The number of nitrogens with zero attached hydrogens (tertiary/aromatic N) is 2. The second-order valence-corrected chi connectivity index (χ2v) is 6.45. The van der Waals surface area contributed by atoms with Gasteiger partial charge in [0.2, 0.25) is 10.0 Å². The summed E-state index contributed by atoms with van der Waals surface area (Å²) < 4.78 is 26.8. The van der Waals surface area contributed by atoms with Crippen LogP contribution < -0.4 is 4.72 Å². The van der Waals surface area contributed by atoms with E-state index in [1.54, 1.807) is 18.3 Å². The van der Waals surface area contributed by atoms with Crippen LogP contribution in [0, 0.1) is 0 Å². The summed E-state index contributed by atoms with van der Waals surface area (Å²) in [4.78, 5) is 4.11. The number of sulfonamides is 1. The van der Waals surface area contributed by atoms with Gasteiger partial charge in [-0.2, -0.15) is 5.10 Å². The maximum atomic E-state index is 12.1. The van der Waals surface area contributed by atoms with Gasteiger partial charge in [-0.15, -0.1) is 0 Å². The molecule has 0 radical (unpaired) electrons. The molecule has 0 atom stereocenters. The highest BCUT2D eigenvalue weighted by Crippen LogP contribution is 2.20. The molecule has 2 N–H and O–H groups in total. The number of nitrogens with one attached hydrogen (secondary N) is 2. The van der Waals surface area contributed by atoms with E-state index in [1.807, 2.05) is 30.3 Å². The maximum absolute atomic E-state index is 12.1. The minimum absolute atomic E-state index is 0.0365. The van der Waals surface area contributed by atoms with Gasteiger partial charge >= 0.3 is 0 Å². The van der Waals surface area contributed by atoms with Crippen molar-refractivity contribution in [1.29, 1.82) is 0 Å². The summed E-state index contributed by atoms with van der Waals surface area (Å²) in [5.41, 5.74) is 1.54. The Kier molecular flexibility index (Phi) is 3.57. The van der Waals surface area contributed by atoms with Crippen molar-refractivity contribution in [2.24, 2.45) is 0 Å². The molecule has 0 saturated carbocycles. The second-order valence-electron chi connectivity index (χ2n) is 4.61. The number of aromatic amines is 1. The average molecular weight is 302 g/mol. The molecule has 0 amide bonds. The lowest BCUT2D eigenvalue weighted by molar-refractivity contribution is 0.600. The number of anilines is 1. The Balaban J connectivity index is 1.74. The zero-order valence-electron chi connectivity index (χ0n) is 11.2. The lowest BCUT2D eigenvalue weighted by Crippen LogP contribution is -2.18.